The van der Waals surface area contributed by atoms with E-state index >= 15 is 0 Å². The van der Waals surface area contributed by atoms with Crippen molar-refractivity contribution in [1.82, 2.24) is 10.2 Å². The van der Waals surface area contributed by atoms with Crippen LogP contribution in [0, 0.1) is 5.82 Å². The van der Waals surface area contributed by atoms with Crippen molar-refractivity contribution in [2.75, 3.05) is 27.7 Å². The average molecular weight is 485 g/mol. The first-order valence-corrected chi connectivity index (χ1v) is 8.37. The maximum absolute atomic E-state index is 13.3. The lowest BCUT2D eigenvalue weighted by Gasteiger charge is -2.22. The van der Waals surface area contributed by atoms with Gasteiger partial charge in [0.15, 0.2) is 5.96 Å². The van der Waals surface area contributed by atoms with E-state index in [1.807, 2.05) is 30.1 Å². The number of benzene rings is 2. The van der Waals surface area contributed by atoms with Crippen LogP contribution in [0.25, 0.3) is 0 Å². The molecular weight excluding hydrogens is 460 g/mol. The Hall–Kier alpha value is -2.16. The fourth-order valence-electron chi connectivity index (χ4n) is 2.61. The van der Waals surface area contributed by atoms with Gasteiger partial charge < -0.3 is 15.0 Å². The van der Waals surface area contributed by atoms with Gasteiger partial charge in [-0.05, 0) is 41.8 Å². The van der Waals surface area contributed by atoms with Crippen LogP contribution < -0.4 is 5.32 Å². The maximum atomic E-state index is 13.3. The number of carbonyl (C=O) groups is 1. The molecule has 1 N–H and O–H groups in total. The zero-order valence-electron chi connectivity index (χ0n) is 15.7. The number of nitrogens with one attached hydrogen (secondary N) is 1. The van der Waals surface area contributed by atoms with Gasteiger partial charge in [0.05, 0.1) is 12.7 Å². The summed E-state index contributed by atoms with van der Waals surface area (Å²) in [5.74, 6) is 0.156. The first-order chi connectivity index (χ1) is 12.5. The van der Waals surface area contributed by atoms with E-state index in [2.05, 4.69) is 15.0 Å². The van der Waals surface area contributed by atoms with Crippen molar-refractivity contribution < 1.29 is 13.9 Å². The third-order valence-electron chi connectivity index (χ3n) is 3.95. The molecule has 7 heteroatoms. The lowest BCUT2D eigenvalue weighted by Crippen LogP contribution is -2.39. The second kappa shape index (κ2) is 11.5. The van der Waals surface area contributed by atoms with Crippen LogP contribution in [-0.2, 0) is 17.7 Å². The van der Waals surface area contributed by atoms with Crippen LogP contribution in [-0.4, -0.2) is 44.6 Å². The smallest absolute Gasteiger partial charge is 0.337 e. The van der Waals surface area contributed by atoms with Crippen LogP contribution in [0.4, 0.5) is 4.39 Å². The first-order valence-electron chi connectivity index (χ1n) is 8.37. The number of aliphatic imine (C=N–C) groups is 1. The topological polar surface area (TPSA) is 53.9 Å². The minimum atomic E-state index is -0.339. The van der Waals surface area contributed by atoms with Crippen LogP contribution in [0.1, 0.15) is 21.5 Å². The van der Waals surface area contributed by atoms with E-state index in [-0.39, 0.29) is 35.8 Å². The van der Waals surface area contributed by atoms with Gasteiger partial charge >= 0.3 is 5.97 Å². The van der Waals surface area contributed by atoms with Gasteiger partial charge in [0.2, 0.25) is 0 Å². The number of rotatable bonds is 6. The molecule has 2 rings (SSSR count). The van der Waals surface area contributed by atoms with Gasteiger partial charge in [0, 0.05) is 27.2 Å². The van der Waals surface area contributed by atoms with E-state index in [1.165, 1.54) is 19.2 Å². The van der Waals surface area contributed by atoms with Crippen LogP contribution in [0.15, 0.2) is 53.5 Å². The van der Waals surface area contributed by atoms with Gasteiger partial charge in [0.25, 0.3) is 0 Å². The Labute approximate surface area is 176 Å². The average Bonchev–Trinajstić information content (AvgIpc) is 2.65. The molecule has 2 aromatic carbocycles. The molecular formula is C20H25FIN3O2. The van der Waals surface area contributed by atoms with Crippen molar-refractivity contribution in [2.24, 2.45) is 4.99 Å². The quantitative estimate of drug-likeness (QED) is 0.295. The third kappa shape index (κ3) is 7.16. The Morgan fingerprint density at radius 2 is 1.89 bits per heavy atom. The van der Waals surface area contributed by atoms with Crippen LogP contribution in [0.2, 0.25) is 0 Å². The lowest BCUT2D eigenvalue weighted by molar-refractivity contribution is 0.0600. The molecule has 0 aromatic heterocycles. The summed E-state index contributed by atoms with van der Waals surface area (Å²) in [5, 5.41) is 3.29. The number of carbonyl (C=O) groups excluding carboxylic acids is 1. The highest BCUT2D eigenvalue weighted by atomic mass is 127. The predicted molar refractivity (Wildman–Crippen MR) is 116 cm³/mol. The highest BCUT2D eigenvalue weighted by molar-refractivity contribution is 14.0. The Kier molecular flexibility index (Phi) is 9.77. The van der Waals surface area contributed by atoms with Gasteiger partial charge in [-0.1, -0.05) is 24.3 Å². The number of nitrogens with zero attached hydrogens (tertiary/aromatic N) is 2. The highest BCUT2D eigenvalue weighted by Gasteiger charge is 2.08. The van der Waals surface area contributed by atoms with Crippen molar-refractivity contribution >= 4 is 35.9 Å². The van der Waals surface area contributed by atoms with Crippen molar-refractivity contribution in [1.29, 1.82) is 0 Å². The molecule has 0 unspecified atom stereocenters. The SMILES string of the molecule is CN=C(NCCc1ccc(C(=O)OC)cc1)N(C)Cc1cccc(F)c1.I. The van der Waals surface area contributed by atoms with Crippen LogP contribution in [0.3, 0.4) is 0 Å². The molecule has 27 heavy (non-hydrogen) atoms. The Morgan fingerprint density at radius 3 is 2.48 bits per heavy atom. The second-order valence-electron chi connectivity index (χ2n) is 5.90. The van der Waals surface area contributed by atoms with Crippen LogP contribution >= 0.6 is 24.0 Å². The first kappa shape index (κ1) is 22.9. The number of halogens is 2. The van der Waals surface area contributed by atoms with Crippen molar-refractivity contribution in [3.05, 3.63) is 71.0 Å². The molecule has 2 aromatic rings. The molecule has 0 aliphatic heterocycles. The molecule has 0 aliphatic carbocycles. The fourth-order valence-corrected chi connectivity index (χ4v) is 2.61. The van der Waals surface area contributed by atoms with E-state index in [1.54, 1.807) is 25.2 Å². The van der Waals surface area contributed by atoms with E-state index < -0.39 is 0 Å². The number of ether oxygens (including phenoxy) is 1. The normalized spacial score (nSPS) is 10.7. The summed E-state index contributed by atoms with van der Waals surface area (Å²) in [6.07, 6.45) is 0.786. The predicted octanol–water partition coefficient (Wildman–Crippen LogP) is 3.48. The summed E-state index contributed by atoms with van der Waals surface area (Å²) in [6, 6.07) is 13.9. The molecule has 0 radical (unpaired) electrons. The molecule has 0 spiro atoms. The largest absolute Gasteiger partial charge is 0.465 e. The molecule has 0 atom stereocenters. The number of guanidine groups is 1. The van der Waals surface area contributed by atoms with E-state index in [0.29, 0.717) is 18.7 Å². The summed E-state index contributed by atoms with van der Waals surface area (Å²) in [5.41, 5.74) is 2.53. The Bertz CT molecular complexity index is 766. The molecule has 0 fully saturated rings. The lowest BCUT2D eigenvalue weighted by atomic mass is 10.1. The summed E-state index contributed by atoms with van der Waals surface area (Å²) >= 11 is 0. The minimum Gasteiger partial charge on any atom is -0.465 e. The van der Waals surface area contributed by atoms with Crippen molar-refractivity contribution in [2.45, 2.75) is 13.0 Å². The summed E-state index contributed by atoms with van der Waals surface area (Å²) in [7, 11) is 4.99. The number of hydrogen-bond acceptors (Lipinski definition) is 3. The molecule has 0 saturated heterocycles. The molecule has 0 bridgehead atoms. The highest BCUT2D eigenvalue weighted by Crippen LogP contribution is 2.08. The number of hydrogen-bond donors (Lipinski definition) is 1. The number of methoxy groups -OCH3 is 1. The minimum absolute atomic E-state index is 0. The van der Waals surface area contributed by atoms with Crippen molar-refractivity contribution in [3.63, 3.8) is 0 Å². The van der Waals surface area contributed by atoms with Crippen LogP contribution in [0.5, 0.6) is 0 Å². The van der Waals surface area contributed by atoms with Gasteiger partial charge in [0.1, 0.15) is 5.82 Å². The third-order valence-corrected chi connectivity index (χ3v) is 3.95. The van der Waals surface area contributed by atoms with Gasteiger partial charge in [-0.15, -0.1) is 24.0 Å². The van der Waals surface area contributed by atoms with Gasteiger partial charge in [-0.25, -0.2) is 9.18 Å². The monoisotopic (exact) mass is 485 g/mol. The molecule has 146 valence electrons. The zero-order valence-corrected chi connectivity index (χ0v) is 18.1. The maximum Gasteiger partial charge on any atom is 0.337 e. The van der Waals surface area contributed by atoms with E-state index in [4.69, 9.17) is 0 Å². The summed E-state index contributed by atoms with van der Waals surface area (Å²) < 4.78 is 18.0. The Morgan fingerprint density at radius 1 is 1.19 bits per heavy atom. The van der Waals surface area contributed by atoms with Crippen molar-refractivity contribution in [3.8, 4) is 0 Å². The summed E-state index contributed by atoms with van der Waals surface area (Å²) in [6.45, 7) is 1.25. The standard InChI is InChI=1S/C20H24FN3O2.HI/c1-22-20(24(2)14-16-5-4-6-18(21)13-16)23-12-11-15-7-9-17(10-8-15)19(25)26-3;/h4-10,13H,11-12,14H2,1-3H3,(H,22,23);1H. The second-order valence-corrected chi connectivity index (χ2v) is 5.90. The molecule has 0 amide bonds. The summed E-state index contributed by atoms with van der Waals surface area (Å²) in [4.78, 5) is 17.6. The zero-order chi connectivity index (χ0) is 18.9. The molecule has 0 heterocycles. The Balaban J connectivity index is 0.00000364. The molecule has 5 nitrogen and oxygen atoms in total. The van der Waals surface area contributed by atoms with E-state index in [9.17, 15) is 9.18 Å². The van der Waals surface area contributed by atoms with Gasteiger partial charge in [-0.2, -0.15) is 0 Å². The molecule has 0 aliphatic rings. The fraction of sp³-hybridized carbons (Fsp3) is 0.300. The van der Waals surface area contributed by atoms with Gasteiger partial charge in [-0.3, -0.25) is 4.99 Å². The molecule has 0 saturated carbocycles. The number of esters is 1. The van der Waals surface area contributed by atoms with E-state index in [0.717, 1.165) is 23.5 Å².